The minimum absolute atomic E-state index is 0.105. The number of carbonyl (C=O) groups is 2. The van der Waals surface area contributed by atoms with E-state index in [2.05, 4.69) is 23.3 Å². The van der Waals surface area contributed by atoms with Crippen molar-refractivity contribution in [2.24, 2.45) is 11.6 Å². The first-order valence-corrected chi connectivity index (χ1v) is 9.66. The summed E-state index contributed by atoms with van der Waals surface area (Å²) in [5.74, 6) is 5.39. The number of hydrazine groups is 1. The first-order chi connectivity index (χ1) is 11.8. The third kappa shape index (κ3) is 6.11. The van der Waals surface area contributed by atoms with Crippen molar-refractivity contribution < 1.29 is 9.59 Å². The summed E-state index contributed by atoms with van der Waals surface area (Å²) >= 11 is 3.23. The van der Waals surface area contributed by atoms with Gasteiger partial charge in [-0.2, -0.15) is 0 Å². The summed E-state index contributed by atoms with van der Waals surface area (Å²) in [4.78, 5) is 28.9. The number of nitrogens with one attached hydrogen (secondary N) is 1. The Morgan fingerprint density at radius 2 is 2.08 bits per heavy atom. The molecule has 0 saturated carbocycles. The molecular formula is C16H23N5O2S2. The van der Waals surface area contributed by atoms with Gasteiger partial charge in [0.15, 0.2) is 5.13 Å². The van der Waals surface area contributed by atoms with Crippen molar-refractivity contribution in [2.75, 3.05) is 11.9 Å². The summed E-state index contributed by atoms with van der Waals surface area (Å²) in [6.45, 7) is 4.03. The molecule has 0 radical (unpaired) electrons. The highest BCUT2D eigenvalue weighted by Gasteiger charge is 2.09. The number of anilines is 1. The SMILES string of the molecule is CC(=O)Nc1nc(CCc2cc(C)c(CCCN(N)C(N)=O)s2)cs1. The third-order valence-electron chi connectivity index (χ3n) is 3.62. The molecule has 2 heterocycles. The molecule has 0 spiro atoms. The highest BCUT2D eigenvalue weighted by molar-refractivity contribution is 7.14. The van der Waals surface area contributed by atoms with Gasteiger partial charge in [-0.3, -0.25) is 9.80 Å². The Hall–Kier alpha value is -1.97. The quantitative estimate of drug-likeness (QED) is 0.370. The van der Waals surface area contributed by atoms with E-state index in [0.717, 1.165) is 36.4 Å². The third-order valence-corrected chi connectivity index (χ3v) is 5.78. The molecule has 7 nitrogen and oxygen atoms in total. The second-order valence-electron chi connectivity index (χ2n) is 5.78. The maximum absolute atomic E-state index is 11.0. The summed E-state index contributed by atoms with van der Waals surface area (Å²) in [5, 5.41) is 6.36. The second kappa shape index (κ2) is 8.93. The predicted octanol–water partition coefficient (Wildman–Crippen LogP) is 2.44. The van der Waals surface area contributed by atoms with Crippen LogP contribution in [0.1, 0.15) is 34.4 Å². The fourth-order valence-electron chi connectivity index (χ4n) is 2.36. The van der Waals surface area contributed by atoms with Gasteiger partial charge in [0.25, 0.3) is 0 Å². The number of thiazole rings is 1. The summed E-state index contributed by atoms with van der Waals surface area (Å²) < 4.78 is 0. The second-order valence-corrected chi connectivity index (χ2v) is 7.86. The Morgan fingerprint density at radius 3 is 2.76 bits per heavy atom. The zero-order valence-corrected chi connectivity index (χ0v) is 16.0. The van der Waals surface area contributed by atoms with Crippen LogP contribution >= 0.6 is 22.7 Å². The lowest BCUT2D eigenvalue weighted by atomic mass is 10.1. The van der Waals surface area contributed by atoms with E-state index in [4.69, 9.17) is 11.6 Å². The molecule has 0 aliphatic rings. The van der Waals surface area contributed by atoms with Crippen molar-refractivity contribution in [3.8, 4) is 0 Å². The number of primary amides is 1. The van der Waals surface area contributed by atoms with E-state index in [1.165, 1.54) is 33.6 Å². The van der Waals surface area contributed by atoms with Gasteiger partial charge in [-0.05, 0) is 44.2 Å². The average Bonchev–Trinajstić information content (AvgIpc) is 3.11. The molecule has 3 amide bonds. The molecule has 2 aromatic heterocycles. The molecule has 25 heavy (non-hydrogen) atoms. The molecule has 2 rings (SSSR count). The van der Waals surface area contributed by atoms with Crippen LogP contribution < -0.4 is 16.9 Å². The van der Waals surface area contributed by atoms with Gasteiger partial charge < -0.3 is 11.1 Å². The van der Waals surface area contributed by atoms with E-state index in [9.17, 15) is 9.59 Å². The number of nitrogens with zero attached hydrogens (tertiary/aromatic N) is 2. The molecule has 0 saturated heterocycles. The van der Waals surface area contributed by atoms with E-state index in [0.29, 0.717) is 11.7 Å². The Balaban J connectivity index is 1.84. The number of aromatic nitrogens is 1. The molecule has 2 aromatic rings. The van der Waals surface area contributed by atoms with Crippen LogP contribution in [0.4, 0.5) is 9.93 Å². The Morgan fingerprint density at radius 1 is 1.32 bits per heavy atom. The van der Waals surface area contributed by atoms with Crippen LogP contribution in [0.5, 0.6) is 0 Å². The Bertz CT molecular complexity index is 741. The van der Waals surface area contributed by atoms with Gasteiger partial charge in [-0.1, -0.05) is 0 Å². The van der Waals surface area contributed by atoms with Crippen molar-refractivity contribution >= 4 is 39.7 Å². The monoisotopic (exact) mass is 381 g/mol. The van der Waals surface area contributed by atoms with Gasteiger partial charge in [0.2, 0.25) is 5.91 Å². The van der Waals surface area contributed by atoms with E-state index in [1.54, 1.807) is 11.3 Å². The van der Waals surface area contributed by atoms with E-state index < -0.39 is 6.03 Å². The first kappa shape index (κ1) is 19.4. The summed E-state index contributed by atoms with van der Waals surface area (Å²) in [6, 6.07) is 1.60. The fourth-order valence-corrected chi connectivity index (χ4v) is 4.38. The number of aryl methyl sites for hydroxylation is 4. The Labute approximate surface area is 155 Å². The maximum Gasteiger partial charge on any atom is 0.328 e. The highest BCUT2D eigenvalue weighted by atomic mass is 32.1. The summed E-state index contributed by atoms with van der Waals surface area (Å²) in [5.41, 5.74) is 7.36. The number of rotatable bonds is 8. The zero-order valence-electron chi connectivity index (χ0n) is 14.4. The molecule has 0 fully saturated rings. The number of carbonyl (C=O) groups excluding carboxylic acids is 2. The molecule has 0 atom stereocenters. The van der Waals surface area contributed by atoms with Crippen LogP contribution in [0.25, 0.3) is 0 Å². The molecular weight excluding hydrogens is 358 g/mol. The fraction of sp³-hybridized carbons (Fsp3) is 0.438. The molecule has 0 aromatic carbocycles. The summed E-state index contributed by atoms with van der Waals surface area (Å²) in [7, 11) is 0. The van der Waals surface area contributed by atoms with Crippen LogP contribution in [0, 0.1) is 6.92 Å². The van der Waals surface area contributed by atoms with Crippen molar-refractivity contribution in [3.63, 3.8) is 0 Å². The van der Waals surface area contributed by atoms with Crippen molar-refractivity contribution in [1.82, 2.24) is 9.99 Å². The summed E-state index contributed by atoms with van der Waals surface area (Å²) in [6.07, 6.45) is 3.42. The van der Waals surface area contributed by atoms with Gasteiger partial charge in [-0.15, -0.1) is 22.7 Å². The minimum Gasteiger partial charge on any atom is -0.350 e. The van der Waals surface area contributed by atoms with Crippen LogP contribution in [0.15, 0.2) is 11.4 Å². The molecule has 0 bridgehead atoms. The van der Waals surface area contributed by atoms with Crippen LogP contribution in [-0.2, 0) is 24.1 Å². The number of amides is 3. The molecule has 0 aliphatic heterocycles. The first-order valence-electron chi connectivity index (χ1n) is 7.97. The maximum atomic E-state index is 11.0. The van der Waals surface area contributed by atoms with Crippen LogP contribution in [-0.4, -0.2) is 28.5 Å². The zero-order chi connectivity index (χ0) is 18.4. The van der Waals surface area contributed by atoms with Gasteiger partial charge in [-0.25, -0.2) is 15.6 Å². The predicted molar refractivity (Wildman–Crippen MR) is 102 cm³/mol. The number of thiophene rings is 1. The minimum atomic E-state index is -0.606. The molecule has 0 aliphatic carbocycles. The highest BCUT2D eigenvalue weighted by Crippen LogP contribution is 2.25. The lowest BCUT2D eigenvalue weighted by molar-refractivity contribution is -0.114. The lowest BCUT2D eigenvalue weighted by Crippen LogP contribution is -2.42. The van der Waals surface area contributed by atoms with Crippen LogP contribution in [0.3, 0.4) is 0 Å². The van der Waals surface area contributed by atoms with E-state index in [1.807, 2.05) is 5.38 Å². The number of hydrogen-bond acceptors (Lipinski definition) is 6. The van der Waals surface area contributed by atoms with Gasteiger partial charge >= 0.3 is 6.03 Å². The van der Waals surface area contributed by atoms with E-state index in [-0.39, 0.29) is 5.91 Å². The normalized spacial score (nSPS) is 10.7. The standard InChI is InChI=1S/C16H23N5O2S2/c1-10-8-13(25-14(10)4-3-7-21(18)15(17)23)6-5-12-9-24-16(20-12)19-11(2)22/h8-9H,3-7,18H2,1-2H3,(H2,17,23)(H,19,20,22). The number of urea groups is 1. The smallest absolute Gasteiger partial charge is 0.328 e. The Kier molecular flexibility index (Phi) is 6.91. The number of hydrogen-bond donors (Lipinski definition) is 3. The molecule has 136 valence electrons. The van der Waals surface area contributed by atoms with Gasteiger partial charge in [0.05, 0.1) is 5.69 Å². The van der Waals surface area contributed by atoms with E-state index >= 15 is 0 Å². The van der Waals surface area contributed by atoms with Crippen molar-refractivity contribution in [3.05, 3.63) is 32.5 Å². The largest absolute Gasteiger partial charge is 0.350 e. The molecule has 5 N–H and O–H groups in total. The van der Waals surface area contributed by atoms with Gasteiger partial charge in [0.1, 0.15) is 0 Å². The van der Waals surface area contributed by atoms with Crippen molar-refractivity contribution in [2.45, 2.75) is 39.5 Å². The lowest BCUT2D eigenvalue weighted by Gasteiger charge is -2.12. The van der Waals surface area contributed by atoms with Crippen molar-refractivity contribution in [1.29, 1.82) is 0 Å². The number of nitrogens with two attached hydrogens (primary N) is 2. The average molecular weight is 382 g/mol. The molecule has 9 heteroatoms. The van der Waals surface area contributed by atoms with Crippen LogP contribution in [0.2, 0.25) is 0 Å². The van der Waals surface area contributed by atoms with Gasteiger partial charge in [0, 0.05) is 28.6 Å². The topological polar surface area (TPSA) is 114 Å². The molecule has 0 unspecified atom stereocenters.